The summed E-state index contributed by atoms with van der Waals surface area (Å²) in [4.78, 5) is 0. The van der Waals surface area contributed by atoms with Crippen molar-refractivity contribution in [2.45, 2.75) is 78.2 Å². The van der Waals surface area contributed by atoms with Crippen molar-refractivity contribution >= 4 is 0 Å². The molecule has 0 fully saturated rings. The first-order chi connectivity index (χ1) is 9.15. The molecular formula is C18H30O. The van der Waals surface area contributed by atoms with Gasteiger partial charge in [0.15, 0.2) is 0 Å². The second-order valence-electron chi connectivity index (χ2n) is 5.79. The fraction of sp³-hybridized carbons (Fsp3) is 0.667. The summed E-state index contributed by atoms with van der Waals surface area (Å²) in [5.74, 6) is 0. The minimum Gasteiger partial charge on any atom is -0.388 e. The first-order valence-corrected chi connectivity index (χ1v) is 7.90. The molecule has 0 aliphatic rings. The summed E-state index contributed by atoms with van der Waals surface area (Å²) >= 11 is 0. The number of aliphatic hydroxyl groups is 1. The SMILES string of the molecule is CCCCCCCCCC(O)c1ccc(C)cc1C. The molecule has 0 bridgehead atoms. The lowest BCUT2D eigenvalue weighted by Crippen LogP contribution is -2.00. The number of aryl methyl sites for hydroxylation is 2. The minimum atomic E-state index is -0.281. The first-order valence-electron chi connectivity index (χ1n) is 7.90. The van der Waals surface area contributed by atoms with Crippen molar-refractivity contribution in [3.63, 3.8) is 0 Å². The van der Waals surface area contributed by atoms with Crippen molar-refractivity contribution in [3.05, 3.63) is 34.9 Å². The predicted octanol–water partition coefficient (Wildman–Crippen LogP) is 5.48. The van der Waals surface area contributed by atoms with Gasteiger partial charge < -0.3 is 5.11 Å². The van der Waals surface area contributed by atoms with Gasteiger partial charge in [0.25, 0.3) is 0 Å². The fourth-order valence-electron chi connectivity index (χ4n) is 2.65. The van der Waals surface area contributed by atoms with Crippen LogP contribution < -0.4 is 0 Å². The van der Waals surface area contributed by atoms with Crippen LogP contribution in [0.2, 0.25) is 0 Å². The Morgan fingerprint density at radius 3 is 2.21 bits per heavy atom. The lowest BCUT2D eigenvalue weighted by molar-refractivity contribution is 0.162. The fourth-order valence-corrected chi connectivity index (χ4v) is 2.65. The maximum atomic E-state index is 10.2. The van der Waals surface area contributed by atoms with Crippen LogP contribution in [0.1, 0.15) is 81.1 Å². The van der Waals surface area contributed by atoms with Gasteiger partial charge in [-0.15, -0.1) is 0 Å². The summed E-state index contributed by atoms with van der Waals surface area (Å²) in [6, 6.07) is 6.33. The zero-order valence-electron chi connectivity index (χ0n) is 12.9. The summed E-state index contributed by atoms with van der Waals surface area (Å²) in [7, 11) is 0. The number of unbranched alkanes of at least 4 members (excludes halogenated alkanes) is 6. The third kappa shape index (κ3) is 6.24. The summed E-state index contributed by atoms with van der Waals surface area (Å²) in [5, 5.41) is 10.2. The lowest BCUT2D eigenvalue weighted by atomic mass is 9.97. The molecule has 0 saturated carbocycles. The van der Waals surface area contributed by atoms with E-state index in [1.807, 2.05) is 0 Å². The molecule has 1 N–H and O–H groups in total. The topological polar surface area (TPSA) is 20.2 Å². The molecule has 1 nitrogen and oxygen atoms in total. The molecule has 1 atom stereocenters. The highest BCUT2D eigenvalue weighted by molar-refractivity contribution is 5.31. The van der Waals surface area contributed by atoms with E-state index in [2.05, 4.69) is 39.0 Å². The van der Waals surface area contributed by atoms with E-state index >= 15 is 0 Å². The normalized spacial score (nSPS) is 12.6. The number of benzene rings is 1. The van der Waals surface area contributed by atoms with Crippen LogP contribution in [0.25, 0.3) is 0 Å². The number of aliphatic hydroxyl groups excluding tert-OH is 1. The molecule has 108 valence electrons. The van der Waals surface area contributed by atoms with E-state index in [-0.39, 0.29) is 6.10 Å². The molecule has 0 heterocycles. The highest BCUT2D eigenvalue weighted by Crippen LogP contribution is 2.24. The van der Waals surface area contributed by atoms with Crippen LogP contribution in [-0.2, 0) is 0 Å². The van der Waals surface area contributed by atoms with Crippen LogP contribution in [0.3, 0.4) is 0 Å². The molecule has 1 rings (SSSR count). The highest BCUT2D eigenvalue weighted by atomic mass is 16.3. The molecule has 0 radical (unpaired) electrons. The van der Waals surface area contributed by atoms with E-state index in [1.165, 1.54) is 49.7 Å². The molecule has 0 saturated heterocycles. The van der Waals surface area contributed by atoms with Crippen LogP contribution in [0.15, 0.2) is 18.2 Å². The van der Waals surface area contributed by atoms with Gasteiger partial charge in [0.05, 0.1) is 6.10 Å². The molecular weight excluding hydrogens is 232 g/mol. The Hall–Kier alpha value is -0.820. The van der Waals surface area contributed by atoms with Crippen molar-refractivity contribution < 1.29 is 5.11 Å². The Kier molecular flexibility index (Phi) is 7.81. The van der Waals surface area contributed by atoms with E-state index in [0.29, 0.717) is 0 Å². The molecule has 0 amide bonds. The van der Waals surface area contributed by atoms with Gasteiger partial charge in [-0.3, -0.25) is 0 Å². The number of hydrogen-bond donors (Lipinski definition) is 1. The van der Waals surface area contributed by atoms with Crippen molar-refractivity contribution in [1.82, 2.24) is 0 Å². The third-order valence-corrected chi connectivity index (χ3v) is 3.87. The molecule has 0 aliphatic carbocycles. The molecule has 0 spiro atoms. The van der Waals surface area contributed by atoms with Crippen LogP contribution >= 0.6 is 0 Å². The van der Waals surface area contributed by atoms with Crippen LogP contribution in [0, 0.1) is 13.8 Å². The van der Waals surface area contributed by atoms with Gasteiger partial charge in [-0.2, -0.15) is 0 Å². The van der Waals surface area contributed by atoms with E-state index in [1.54, 1.807) is 0 Å². The molecule has 0 aliphatic heterocycles. The Bertz CT molecular complexity index is 357. The van der Waals surface area contributed by atoms with Gasteiger partial charge >= 0.3 is 0 Å². The molecule has 1 aromatic carbocycles. The average molecular weight is 262 g/mol. The van der Waals surface area contributed by atoms with Gasteiger partial charge in [0, 0.05) is 0 Å². The van der Waals surface area contributed by atoms with Crippen molar-refractivity contribution in [3.8, 4) is 0 Å². The van der Waals surface area contributed by atoms with Gasteiger partial charge in [0.1, 0.15) is 0 Å². The monoisotopic (exact) mass is 262 g/mol. The van der Waals surface area contributed by atoms with Gasteiger partial charge in [0.2, 0.25) is 0 Å². The summed E-state index contributed by atoms with van der Waals surface area (Å²) in [6.07, 6.45) is 9.74. The molecule has 0 aromatic heterocycles. The van der Waals surface area contributed by atoms with Crippen molar-refractivity contribution in [2.75, 3.05) is 0 Å². The number of rotatable bonds is 9. The predicted molar refractivity (Wildman–Crippen MR) is 83.5 cm³/mol. The smallest absolute Gasteiger partial charge is 0.0792 e. The van der Waals surface area contributed by atoms with Crippen LogP contribution in [0.4, 0.5) is 0 Å². The molecule has 1 heteroatoms. The molecule has 19 heavy (non-hydrogen) atoms. The first kappa shape index (κ1) is 16.2. The zero-order valence-corrected chi connectivity index (χ0v) is 12.9. The van der Waals surface area contributed by atoms with Gasteiger partial charge in [-0.1, -0.05) is 75.6 Å². The molecule has 1 unspecified atom stereocenters. The second kappa shape index (κ2) is 9.14. The van der Waals surface area contributed by atoms with E-state index < -0.39 is 0 Å². The van der Waals surface area contributed by atoms with E-state index in [4.69, 9.17) is 0 Å². The minimum absolute atomic E-state index is 0.281. The zero-order chi connectivity index (χ0) is 14.1. The van der Waals surface area contributed by atoms with Crippen LogP contribution in [0.5, 0.6) is 0 Å². The van der Waals surface area contributed by atoms with E-state index in [0.717, 1.165) is 18.4 Å². The van der Waals surface area contributed by atoms with Crippen LogP contribution in [-0.4, -0.2) is 5.11 Å². The second-order valence-corrected chi connectivity index (χ2v) is 5.79. The summed E-state index contributed by atoms with van der Waals surface area (Å²) in [6.45, 7) is 6.44. The number of hydrogen-bond acceptors (Lipinski definition) is 1. The average Bonchev–Trinajstić information content (AvgIpc) is 2.37. The van der Waals surface area contributed by atoms with Crippen molar-refractivity contribution in [1.29, 1.82) is 0 Å². The van der Waals surface area contributed by atoms with Gasteiger partial charge in [-0.05, 0) is 31.4 Å². The standard InChI is InChI=1S/C18H30O/c1-4-5-6-7-8-9-10-11-18(19)17-13-12-15(2)14-16(17)3/h12-14,18-19H,4-11H2,1-3H3. The quantitative estimate of drug-likeness (QED) is 0.584. The molecule has 1 aromatic rings. The largest absolute Gasteiger partial charge is 0.388 e. The Morgan fingerprint density at radius 1 is 0.947 bits per heavy atom. The third-order valence-electron chi connectivity index (χ3n) is 3.87. The van der Waals surface area contributed by atoms with E-state index in [9.17, 15) is 5.11 Å². The Balaban J connectivity index is 2.22. The highest BCUT2D eigenvalue weighted by Gasteiger charge is 2.09. The summed E-state index contributed by atoms with van der Waals surface area (Å²) < 4.78 is 0. The maximum absolute atomic E-state index is 10.2. The lowest BCUT2D eigenvalue weighted by Gasteiger charge is -2.14. The summed E-state index contributed by atoms with van der Waals surface area (Å²) in [5.41, 5.74) is 3.59. The van der Waals surface area contributed by atoms with Gasteiger partial charge in [-0.25, -0.2) is 0 Å². The van der Waals surface area contributed by atoms with Crippen molar-refractivity contribution in [2.24, 2.45) is 0 Å². The Morgan fingerprint density at radius 2 is 1.58 bits per heavy atom. The Labute approximate surface area is 119 Å². The maximum Gasteiger partial charge on any atom is 0.0792 e.